The third-order valence-electron chi connectivity index (χ3n) is 5.48. The third-order valence-corrected chi connectivity index (χ3v) is 8.29. The molecule has 0 aromatic heterocycles. The van der Waals surface area contributed by atoms with Crippen molar-refractivity contribution in [1.82, 2.24) is 10.2 Å². The van der Waals surface area contributed by atoms with Crippen LogP contribution in [0, 0.1) is 0 Å². The molecule has 0 bridgehead atoms. The highest BCUT2D eigenvalue weighted by Gasteiger charge is 2.32. The number of benzene rings is 3. The first-order chi connectivity index (χ1) is 17.1. The Morgan fingerprint density at radius 3 is 2.19 bits per heavy atom. The highest BCUT2D eigenvalue weighted by atomic mass is 79.9. The van der Waals surface area contributed by atoms with Gasteiger partial charge in [0.25, 0.3) is 10.0 Å². The lowest BCUT2D eigenvalue weighted by molar-refractivity contribution is -0.139. The Kier molecular flexibility index (Phi) is 9.69. The Labute approximate surface area is 228 Å². The molecule has 10 heteroatoms. The van der Waals surface area contributed by atoms with Gasteiger partial charge in [-0.3, -0.25) is 13.9 Å². The number of hydrogen-bond acceptors (Lipinski definition) is 4. The maximum Gasteiger partial charge on any atom is 0.264 e. The molecule has 0 aliphatic heterocycles. The van der Waals surface area contributed by atoms with Crippen LogP contribution < -0.4 is 9.62 Å². The van der Waals surface area contributed by atoms with E-state index in [2.05, 4.69) is 37.2 Å². The molecule has 0 aliphatic carbocycles. The van der Waals surface area contributed by atoms with E-state index in [0.717, 1.165) is 18.8 Å². The van der Waals surface area contributed by atoms with Crippen LogP contribution in [-0.4, -0.2) is 44.3 Å². The monoisotopic (exact) mass is 635 g/mol. The van der Waals surface area contributed by atoms with Gasteiger partial charge in [-0.05, 0) is 67.9 Å². The molecule has 3 aromatic carbocycles. The third kappa shape index (κ3) is 6.96. The van der Waals surface area contributed by atoms with Crippen molar-refractivity contribution >= 4 is 59.4 Å². The molecule has 0 saturated heterocycles. The van der Waals surface area contributed by atoms with Crippen molar-refractivity contribution in [3.05, 3.63) is 93.4 Å². The van der Waals surface area contributed by atoms with Crippen LogP contribution in [0.1, 0.15) is 19.4 Å². The van der Waals surface area contributed by atoms with Gasteiger partial charge < -0.3 is 10.2 Å². The van der Waals surface area contributed by atoms with Crippen LogP contribution in [0.4, 0.5) is 5.69 Å². The fraction of sp³-hybridized carbons (Fsp3) is 0.231. The molecule has 36 heavy (non-hydrogen) atoms. The van der Waals surface area contributed by atoms with Crippen molar-refractivity contribution in [2.24, 2.45) is 0 Å². The zero-order valence-electron chi connectivity index (χ0n) is 19.9. The summed E-state index contributed by atoms with van der Waals surface area (Å²) in [4.78, 5) is 27.9. The lowest BCUT2D eigenvalue weighted by Gasteiger charge is -2.32. The van der Waals surface area contributed by atoms with Crippen LogP contribution in [0.2, 0.25) is 0 Å². The molecule has 2 amide bonds. The number of carbonyl (C=O) groups excluding carboxylic acids is 2. The molecular formula is C26H27Br2N3O4S. The molecule has 0 saturated carbocycles. The number of likely N-dealkylation sites (N-methyl/N-ethyl adjacent to an activating group) is 1. The van der Waals surface area contributed by atoms with Gasteiger partial charge in [0.2, 0.25) is 11.8 Å². The Morgan fingerprint density at radius 1 is 0.917 bits per heavy atom. The summed E-state index contributed by atoms with van der Waals surface area (Å²) in [6.45, 7) is 3.51. The predicted molar refractivity (Wildman–Crippen MR) is 148 cm³/mol. The second kappa shape index (κ2) is 12.5. The summed E-state index contributed by atoms with van der Waals surface area (Å²) in [6.07, 6.45) is 0. The average molecular weight is 637 g/mol. The minimum absolute atomic E-state index is 0.0658. The van der Waals surface area contributed by atoms with Gasteiger partial charge >= 0.3 is 0 Å². The molecule has 0 spiro atoms. The van der Waals surface area contributed by atoms with Gasteiger partial charge in [-0.1, -0.05) is 62.2 Å². The summed E-state index contributed by atoms with van der Waals surface area (Å²) in [5.74, 6) is -0.821. The van der Waals surface area contributed by atoms with Gasteiger partial charge in [0.1, 0.15) is 12.6 Å². The number of halogens is 2. The molecule has 1 atom stereocenters. The van der Waals surface area contributed by atoms with Crippen molar-refractivity contribution in [2.75, 3.05) is 17.4 Å². The van der Waals surface area contributed by atoms with E-state index >= 15 is 0 Å². The molecule has 0 heterocycles. The first kappa shape index (κ1) is 27.9. The standard InChI is InChI=1S/C26H27Br2N3O4S/c1-3-29-26(33)19(2)30(17-20-8-7-9-22(28)16-20)25(32)18-31(23-14-12-21(27)13-15-23)36(34,35)24-10-5-4-6-11-24/h4-16,19H,3,17-18H2,1-2H3,(H,29,33)/t19-/m1/s1. The average Bonchev–Trinajstić information content (AvgIpc) is 2.86. The minimum Gasteiger partial charge on any atom is -0.355 e. The maximum absolute atomic E-state index is 13.7. The zero-order chi connectivity index (χ0) is 26.3. The van der Waals surface area contributed by atoms with E-state index in [1.807, 2.05) is 24.3 Å². The number of rotatable bonds is 10. The smallest absolute Gasteiger partial charge is 0.264 e. The Bertz CT molecular complexity index is 1300. The molecule has 0 fully saturated rings. The van der Waals surface area contributed by atoms with Gasteiger partial charge in [-0.25, -0.2) is 8.42 Å². The van der Waals surface area contributed by atoms with E-state index in [1.54, 1.807) is 56.3 Å². The molecule has 3 rings (SSSR count). The molecule has 3 aromatic rings. The van der Waals surface area contributed by atoms with Crippen LogP contribution in [0.5, 0.6) is 0 Å². The van der Waals surface area contributed by atoms with E-state index in [9.17, 15) is 18.0 Å². The number of amides is 2. The zero-order valence-corrected chi connectivity index (χ0v) is 23.9. The molecule has 0 unspecified atom stereocenters. The van der Waals surface area contributed by atoms with Crippen LogP contribution in [-0.2, 0) is 26.2 Å². The highest BCUT2D eigenvalue weighted by molar-refractivity contribution is 9.10. The van der Waals surface area contributed by atoms with Gasteiger partial charge in [-0.2, -0.15) is 0 Å². The summed E-state index contributed by atoms with van der Waals surface area (Å²) in [6, 6.07) is 21.2. The predicted octanol–water partition coefficient (Wildman–Crippen LogP) is 4.96. The van der Waals surface area contributed by atoms with Gasteiger partial charge in [0, 0.05) is 22.0 Å². The summed E-state index contributed by atoms with van der Waals surface area (Å²) in [7, 11) is -4.07. The fourth-order valence-electron chi connectivity index (χ4n) is 3.59. The fourth-order valence-corrected chi connectivity index (χ4v) is 5.74. The Morgan fingerprint density at radius 2 is 1.58 bits per heavy atom. The second-order valence-corrected chi connectivity index (χ2v) is 11.7. The minimum atomic E-state index is -4.07. The highest BCUT2D eigenvalue weighted by Crippen LogP contribution is 2.26. The van der Waals surface area contributed by atoms with Gasteiger partial charge in [0.15, 0.2) is 0 Å². The van der Waals surface area contributed by atoms with Crippen molar-refractivity contribution in [3.8, 4) is 0 Å². The van der Waals surface area contributed by atoms with Crippen molar-refractivity contribution in [1.29, 1.82) is 0 Å². The first-order valence-electron chi connectivity index (χ1n) is 11.3. The number of nitrogens with one attached hydrogen (secondary N) is 1. The van der Waals surface area contributed by atoms with E-state index < -0.39 is 28.5 Å². The van der Waals surface area contributed by atoms with Crippen molar-refractivity contribution in [2.45, 2.75) is 31.3 Å². The summed E-state index contributed by atoms with van der Waals surface area (Å²) < 4.78 is 30.0. The van der Waals surface area contributed by atoms with Crippen LogP contribution in [0.15, 0.2) is 92.7 Å². The normalized spacial score (nSPS) is 12.0. The number of carbonyl (C=O) groups is 2. The van der Waals surface area contributed by atoms with Gasteiger partial charge in [-0.15, -0.1) is 0 Å². The Balaban J connectivity index is 2.01. The van der Waals surface area contributed by atoms with Crippen LogP contribution in [0.3, 0.4) is 0 Å². The van der Waals surface area contributed by atoms with Gasteiger partial charge in [0.05, 0.1) is 10.6 Å². The Hall–Kier alpha value is -2.69. The SMILES string of the molecule is CCNC(=O)[C@@H](C)N(Cc1cccc(Br)c1)C(=O)CN(c1ccc(Br)cc1)S(=O)(=O)c1ccccc1. The summed E-state index contributed by atoms with van der Waals surface area (Å²) in [5.41, 5.74) is 1.14. The molecule has 0 aliphatic rings. The number of hydrogen-bond donors (Lipinski definition) is 1. The quantitative estimate of drug-likeness (QED) is 0.341. The van der Waals surface area contributed by atoms with Crippen molar-refractivity contribution in [3.63, 3.8) is 0 Å². The molecule has 0 radical (unpaired) electrons. The lowest BCUT2D eigenvalue weighted by Crippen LogP contribution is -2.51. The van der Waals surface area contributed by atoms with Crippen LogP contribution in [0.25, 0.3) is 0 Å². The van der Waals surface area contributed by atoms with E-state index in [-0.39, 0.29) is 17.3 Å². The first-order valence-corrected chi connectivity index (χ1v) is 14.3. The summed E-state index contributed by atoms with van der Waals surface area (Å²) in [5, 5.41) is 2.75. The number of nitrogens with zero attached hydrogens (tertiary/aromatic N) is 2. The molecule has 7 nitrogen and oxygen atoms in total. The van der Waals surface area contributed by atoms with Crippen LogP contribution >= 0.6 is 31.9 Å². The van der Waals surface area contributed by atoms with E-state index in [4.69, 9.17) is 0 Å². The molecular weight excluding hydrogens is 610 g/mol. The summed E-state index contributed by atoms with van der Waals surface area (Å²) >= 11 is 6.80. The van der Waals surface area contributed by atoms with E-state index in [1.165, 1.54) is 17.0 Å². The topological polar surface area (TPSA) is 86.8 Å². The molecule has 1 N–H and O–H groups in total. The second-order valence-electron chi connectivity index (χ2n) is 8.02. The number of sulfonamides is 1. The van der Waals surface area contributed by atoms with Crippen molar-refractivity contribution < 1.29 is 18.0 Å². The largest absolute Gasteiger partial charge is 0.355 e. The lowest BCUT2D eigenvalue weighted by atomic mass is 10.1. The number of anilines is 1. The maximum atomic E-state index is 13.7. The molecule has 190 valence electrons. The van der Waals surface area contributed by atoms with E-state index in [0.29, 0.717) is 12.2 Å².